The van der Waals surface area contributed by atoms with Crippen LogP contribution >= 0.6 is 0 Å². The molecule has 0 radical (unpaired) electrons. The van der Waals surface area contributed by atoms with Gasteiger partial charge in [-0.1, -0.05) is 23.3 Å². The summed E-state index contributed by atoms with van der Waals surface area (Å²) >= 11 is 0. The Hall–Kier alpha value is -2.95. The van der Waals surface area contributed by atoms with Crippen LogP contribution in [0.1, 0.15) is 27.0 Å². The molecule has 1 aromatic carbocycles. The molecule has 5 nitrogen and oxygen atoms in total. The number of imidazole rings is 1. The molecule has 0 unspecified atom stereocenters. The maximum absolute atomic E-state index is 12.4. The molecule has 23 heavy (non-hydrogen) atoms. The summed E-state index contributed by atoms with van der Waals surface area (Å²) in [7, 11) is 0. The van der Waals surface area contributed by atoms with E-state index in [-0.39, 0.29) is 5.91 Å². The lowest BCUT2D eigenvalue weighted by molar-refractivity contribution is 0.0950. The highest BCUT2D eigenvalue weighted by atomic mass is 16.1. The number of nitrogens with one attached hydrogen (secondary N) is 1. The number of rotatable bonds is 4. The van der Waals surface area contributed by atoms with E-state index in [0.717, 1.165) is 22.5 Å². The van der Waals surface area contributed by atoms with Crippen LogP contribution in [0.25, 0.3) is 5.82 Å². The van der Waals surface area contributed by atoms with Crippen molar-refractivity contribution >= 4 is 5.91 Å². The van der Waals surface area contributed by atoms with Crippen molar-refractivity contribution in [2.24, 2.45) is 0 Å². The largest absolute Gasteiger partial charge is 0.348 e. The molecule has 0 bridgehead atoms. The van der Waals surface area contributed by atoms with E-state index in [1.165, 1.54) is 0 Å². The van der Waals surface area contributed by atoms with Gasteiger partial charge >= 0.3 is 0 Å². The molecule has 2 aromatic heterocycles. The van der Waals surface area contributed by atoms with Crippen LogP contribution in [0.3, 0.4) is 0 Å². The monoisotopic (exact) mass is 306 g/mol. The van der Waals surface area contributed by atoms with Crippen LogP contribution in [-0.4, -0.2) is 20.4 Å². The summed E-state index contributed by atoms with van der Waals surface area (Å²) in [5.74, 6) is 0.683. The average Bonchev–Trinajstić information content (AvgIpc) is 3.06. The Kier molecular flexibility index (Phi) is 4.19. The first-order valence-corrected chi connectivity index (χ1v) is 7.42. The standard InChI is InChI=1S/C18H18N4O/c1-13-8-14(2)10-16(9-13)18(23)21-11-15-4-3-5-20-17(15)22-7-6-19-12-22/h3-10,12H,11H2,1-2H3,(H,21,23). The molecule has 3 rings (SSSR count). The molecule has 0 atom stereocenters. The Bertz CT molecular complexity index is 805. The number of amides is 1. The zero-order chi connectivity index (χ0) is 16.2. The number of aryl methyl sites for hydroxylation is 2. The molecule has 5 heteroatoms. The molecule has 0 spiro atoms. The van der Waals surface area contributed by atoms with Gasteiger partial charge in [0.15, 0.2) is 0 Å². The summed E-state index contributed by atoms with van der Waals surface area (Å²) in [6.07, 6.45) is 6.95. The van der Waals surface area contributed by atoms with Gasteiger partial charge in [-0.25, -0.2) is 9.97 Å². The summed E-state index contributed by atoms with van der Waals surface area (Å²) in [5, 5.41) is 2.96. The fraction of sp³-hybridized carbons (Fsp3) is 0.167. The van der Waals surface area contributed by atoms with Crippen molar-refractivity contribution in [3.8, 4) is 5.82 Å². The average molecular weight is 306 g/mol. The highest BCUT2D eigenvalue weighted by molar-refractivity contribution is 5.94. The summed E-state index contributed by atoms with van der Waals surface area (Å²) in [5.41, 5.74) is 3.77. The van der Waals surface area contributed by atoms with Crippen molar-refractivity contribution < 1.29 is 4.79 Å². The molecule has 0 fully saturated rings. The molecule has 116 valence electrons. The number of hydrogen-bond donors (Lipinski definition) is 1. The SMILES string of the molecule is Cc1cc(C)cc(C(=O)NCc2cccnc2-n2ccnc2)c1. The topological polar surface area (TPSA) is 59.8 Å². The number of aromatic nitrogens is 3. The minimum Gasteiger partial charge on any atom is -0.348 e. The highest BCUT2D eigenvalue weighted by Crippen LogP contribution is 2.12. The van der Waals surface area contributed by atoms with Crippen LogP contribution in [0.15, 0.2) is 55.2 Å². The minimum absolute atomic E-state index is 0.0859. The van der Waals surface area contributed by atoms with E-state index >= 15 is 0 Å². The van der Waals surface area contributed by atoms with Gasteiger partial charge in [-0.2, -0.15) is 0 Å². The third-order valence-electron chi connectivity index (χ3n) is 3.54. The highest BCUT2D eigenvalue weighted by Gasteiger charge is 2.09. The van der Waals surface area contributed by atoms with E-state index in [0.29, 0.717) is 12.1 Å². The number of pyridine rings is 1. The molecule has 0 saturated carbocycles. The second-order valence-electron chi connectivity index (χ2n) is 5.52. The number of carbonyl (C=O) groups excluding carboxylic acids is 1. The van der Waals surface area contributed by atoms with E-state index in [4.69, 9.17) is 0 Å². The molecular weight excluding hydrogens is 288 g/mol. The van der Waals surface area contributed by atoms with Gasteiger partial charge in [-0.3, -0.25) is 9.36 Å². The molecule has 0 aliphatic rings. The maximum atomic E-state index is 12.4. The van der Waals surface area contributed by atoms with E-state index in [1.54, 1.807) is 18.7 Å². The summed E-state index contributed by atoms with van der Waals surface area (Å²) in [6, 6.07) is 9.64. The fourth-order valence-electron chi connectivity index (χ4n) is 2.57. The van der Waals surface area contributed by atoms with Crippen molar-refractivity contribution in [2.75, 3.05) is 0 Å². The van der Waals surface area contributed by atoms with E-state index < -0.39 is 0 Å². The van der Waals surface area contributed by atoms with E-state index in [9.17, 15) is 4.79 Å². The van der Waals surface area contributed by atoms with Gasteiger partial charge in [0, 0.05) is 36.3 Å². The lowest BCUT2D eigenvalue weighted by atomic mass is 10.1. The van der Waals surface area contributed by atoms with Crippen molar-refractivity contribution in [1.82, 2.24) is 19.9 Å². The first-order chi connectivity index (χ1) is 11.1. The number of carbonyl (C=O) groups is 1. The van der Waals surface area contributed by atoms with Crippen LogP contribution < -0.4 is 5.32 Å². The first kappa shape index (κ1) is 15.0. The molecule has 0 aliphatic carbocycles. The predicted octanol–water partition coefficient (Wildman–Crippen LogP) is 2.81. The quantitative estimate of drug-likeness (QED) is 0.806. The van der Waals surface area contributed by atoms with Crippen LogP contribution in [0.4, 0.5) is 0 Å². The second kappa shape index (κ2) is 6.44. The van der Waals surface area contributed by atoms with Crippen LogP contribution in [0, 0.1) is 13.8 Å². The van der Waals surface area contributed by atoms with E-state index in [2.05, 4.69) is 21.4 Å². The zero-order valence-electron chi connectivity index (χ0n) is 13.2. The Balaban J connectivity index is 1.77. The molecule has 1 amide bonds. The zero-order valence-corrected chi connectivity index (χ0v) is 13.2. The molecule has 0 saturated heterocycles. The van der Waals surface area contributed by atoms with Crippen molar-refractivity contribution in [2.45, 2.75) is 20.4 Å². The Labute approximate surface area is 135 Å². The van der Waals surface area contributed by atoms with Gasteiger partial charge in [0.1, 0.15) is 12.1 Å². The molecule has 0 aliphatic heterocycles. The normalized spacial score (nSPS) is 10.5. The Morgan fingerprint density at radius 2 is 1.96 bits per heavy atom. The van der Waals surface area contributed by atoms with Gasteiger partial charge in [-0.15, -0.1) is 0 Å². The summed E-state index contributed by atoms with van der Waals surface area (Å²) in [4.78, 5) is 20.8. The van der Waals surface area contributed by atoms with Gasteiger partial charge in [-0.05, 0) is 32.0 Å². The second-order valence-corrected chi connectivity index (χ2v) is 5.52. The molecule has 2 heterocycles. The number of benzene rings is 1. The lowest BCUT2D eigenvalue weighted by Crippen LogP contribution is -2.24. The Morgan fingerprint density at radius 1 is 1.17 bits per heavy atom. The fourth-order valence-corrected chi connectivity index (χ4v) is 2.57. The first-order valence-electron chi connectivity index (χ1n) is 7.42. The van der Waals surface area contributed by atoms with E-state index in [1.807, 2.05) is 48.9 Å². The maximum Gasteiger partial charge on any atom is 0.251 e. The smallest absolute Gasteiger partial charge is 0.251 e. The lowest BCUT2D eigenvalue weighted by Gasteiger charge is -2.11. The summed E-state index contributed by atoms with van der Waals surface area (Å²) < 4.78 is 1.83. The summed E-state index contributed by atoms with van der Waals surface area (Å²) in [6.45, 7) is 4.39. The van der Waals surface area contributed by atoms with Crippen molar-refractivity contribution in [3.63, 3.8) is 0 Å². The van der Waals surface area contributed by atoms with Crippen molar-refractivity contribution in [3.05, 3.63) is 77.5 Å². The van der Waals surface area contributed by atoms with Gasteiger partial charge in [0.05, 0.1) is 0 Å². The van der Waals surface area contributed by atoms with Gasteiger partial charge in [0.2, 0.25) is 0 Å². The number of hydrogen-bond acceptors (Lipinski definition) is 3. The number of nitrogens with zero attached hydrogens (tertiary/aromatic N) is 3. The third-order valence-corrected chi connectivity index (χ3v) is 3.54. The molecule has 3 aromatic rings. The van der Waals surface area contributed by atoms with Crippen molar-refractivity contribution in [1.29, 1.82) is 0 Å². The predicted molar refractivity (Wildman–Crippen MR) is 88.4 cm³/mol. The van der Waals surface area contributed by atoms with Crippen LogP contribution in [0.5, 0.6) is 0 Å². The van der Waals surface area contributed by atoms with Crippen LogP contribution in [0.2, 0.25) is 0 Å². The Morgan fingerprint density at radius 3 is 2.65 bits per heavy atom. The van der Waals surface area contributed by atoms with Crippen LogP contribution in [-0.2, 0) is 6.54 Å². The minimum atomic E-state index is -0.0859. The van der Waals surface area contributed by atoms with Gasteiger partial charge < -0.3 is 5.32 Å². The molecule has 1 N–H and O–H groups in total. The van der Waals surface area contributed by atoms with Gasteiger partial charge in [0.25, 0.3) is 5.91 Å². The molecular formula is C18H18N4O. The third kappa shape index (κ3) is 3.45.